The Balaban J connectivity index is 1.43. The maximum Gasteiger partial charge on any atom is 0.410 e. The number of rotatable bonds is 3. The first kappa shape index (κ1) is 20.6. The van der Waals surface area contributed by atoms with Gasteiger partial charge in [0, 0.05) is 36.3 Å². The first-order valence-electron chi connectivity index (χ1n) is 10.5. The summed E-state index contributed by atoms with van der Waals surface area (Å²) in [6.45, 7) is 12.6. The van der Waals surface area contributed by atoms with Crippen molar-refractivity contribution in [2.45, 2.75) is 52.7 Å². The Bertz CT molecular complexity index is 999. The monoisotopic (exact) mass is 410 g/mol. The average molecular weight is 411 g/mol. The molecule has 3 heterocycles. The van der Waals surface area contributed by atoms with Crippen LogP contribution < -0.4 is 5.32 Å². The lowest BCUT2D eigenvalue weighted by Crippen LogP contribution is -2.44. The molecule has 2 aromatic rings. The molecule has 4 rings (SSSR count). The fourth-order valence-corrected chi connectivity index (χ4v) is 4.50. The van der Waals surface area contributed by atoms with Gasteiger partial charge in [0.1, 0.15) is 5.60 Å². The van der Waals surface area contributed by atoms with E-state index in [1.165, 1.54) is 0 Å². The number of hydrogen-bond donors (Lipinski definition) is 1. The number of fused-ring (bicyclic) bond motifs is 2. The fourth-order valence-electron chi connectivity index (χ4n) is 4.50. The van der Waals surface area contributed by atoms with Gasteiger partial charge in [-0.25, -0.2) is 4.79 Å². The van der Waals surface area contributed by atoms with Gasteiger partial charge in [0.25, 0.3) is 0 Å². The van der Waals surface area contributed by atoms with E-state index in [0.717, 1.165) is 22.3 Å². The van der Waals surface area contributed by atoms with Crippen LogP contribution in [0.3, 0.4) is 0 Å². The zero-order chi connectivity index (χ0) is 21.8. The van der Waals surface area contributed by atoms with E-state index in [9.17, 15) is 9.59 Å². The molecule has 30 heavy (non-hydrogen) atoms. The minimum atomic E-state index is -0.655. The Labute approximate surface area is 177 Å². The zero-order valence-electron chi connectivity index (χ0n) is 18.5. The highest BCUT2D eigenvalue weighted by molar-refractivity contribution is 5.86. The number of likely N-dealkylation sites (tertiary alicyclic amines) is 1. The number of ether oxygens (including phenoxy) is 1. The summed E-state index contributed by atoms with van der Waals surface area (Å²) in [5, 5.41) is 4.20. The van der Waals surface area contributed by atoms with Crippen LogP contribution in [0.4, 0.5) is 4.79 Å². The molecule has 3 atom stereocenters. The van der Waals surface area contributed by atoms with E-state index in [1.807, 2.05) is 59.7 Å². The molecule has 1 saturated heterocycles. The number of carbonyl (C=O) groups is 2. The average Bonchev–Trinajstić information content (AvgIpc) is 3.13. The van der Waals surface area contributed by atoms with Crippen LogP contribution in [0.25, 0.3) is 10.9 Å². The van der Waals surface area contributed by atoms with Crippen molar-refractivity contribution in [3.05, 3.63) is 35.8 Å². The summed E-state index contributed by atoms with van der Waals surface area (Å²) in [6, 6.07) is 5.91. The number of carbonyl (C=O) groups excluding carboxylic acids is 2. The smallest absolute Gasteiger partial charge is 0.410 e. The van der Waals surface area contributed by atoms with Crippen LogP contribution in [0.2, 0.25) is 0 Å². The standard InChI is InChI=1S/C23H30N4O3/c1-13-10-14-8-7-9-24-18(14)19(25-13)23(5,6)26-20(28)17-15-11-27(12-16(15)17)21(29)30-22(2,3)4/h7-10,15-17H,11-12H2,1-6H3,(H,26,28)/t15-,16+,17+. The van der Waals surface area contributed by atoms with Crippen molar-refractivity contribution in [1.29, 1.82) is 0 Å². The van der Waals surface area contributed by atoms with Crippen molar-refractivity contribution < 1.29 is 14.3 Å². The largest absolute Gasteiger partial charge is 0.444 e. The normalized spacial score (nSPS) is 23.3. The van der Waals surface area contributed by atoms with E-state index in [0.29, 0.717) is 13.1 Å². The molecular formula is C23H30N4O3. The molecule has 2 aromatic heterocycles. The van der Waals surface area contributed by atoms with Crippen LogP contribution in [0.1, 0.15) is 46.0 Å². The third kappa shape index (κ3) is 3.85. The van der Waals surface area contributed by atoms with Crippen molar-refractivity contribution in [1.82, 2.24) is 20.2 Å². The third-order valence-electron chi connectivity index (χ3n) is 5.89. The van der Waals surface area contributed by atoms with Gasteiger partial charge in [-0.2, -0.15) is 0 Å². The highest BCUT2D eigenvalue weighted by Gasteiger charge is 2.61. The lowest BCUT2D eigenvalue weighted by molar-refractivity contribution is -0.125. The number of piperidine rings is 1. The number of hydrogen-bond acceptors (Lipinski definition) is 5. The van der Waals surface area contributed by atoms with E-state index < -0.39 is 11.1 Å². The Morgan fingerprint density at radius 2 is 1.83 bits per heavy atom. The third-order valence-corrected chi connectivity index (χ3v) is 5.89. The van der Waals surface area contributed by atoms with Crippen LogP contribution in [0, 0.1) is 24.7 Å². The van der Waals surface area contributed by atoms with Gasteiger partial charge in [-0.1, -0.05) is 6.07 Å². The van der Waals surface area contributed by atoms with E-state index in [1.54, 1.807) is 11.1 Å². The summed E-state index contributed by atoms with van der Waals surface area (Å²) >= 11 is 0. The van der Waals surface area contributed by atoms with Gasteiger partial charge in [-0.15, -0.1) is 0 Å². The van der Waals surface area contributed by atoms with Crippen molar-refractivity contribution >= 4 is 22.9 Å². The maximum atomic E-state index is 13.0. The number of amides is 2. The molecule has 2 fully saturated rings. The van der Waals surface area contributed by atoms with Gasteiger partial charge in [-0.3, -0.25) is 14.8 Å². The van der Waals surface area contributed by atoms with Crippen LogP contribution in [-0.4, -0.2) is 45.6 Å². The molecule has 7 heteroatoms. The predicted molar refractivity (Wildman–Crippen MR) is 114 cm³/mol. The Morgan fingerprint density at radius 3 is 2.47 bits per heavy atom. The van der Waals surface area contributed by atoms with Crippen molar-refractivity contribution in [2.24, 2.45) is 17.8 Å². The molecule has 0 radical (unpaired) electrons. The van der Waals surface area contributed by atoms with Crippen LogP contribution in [0.15, 0.2) is 24.4 Å². The Hall–Kier alpha value is -2.70. The van der Waals surface area contributed by atoms with Gasteiger partial charge in [0.2, 0.25) is 5.91 Å². The molecule has 2 amide bonds. The first-order valence-corrected chi connectivity index (χ1v) is 10.5. The Kier molecular flexibility index (Phi) is 4.75. The minimum Gasteiger partial charge on any atom is -0.444 e. The minimum absolute atomic E-state index is 0.0197. The second-order valence-electron chi connectivity index (χ2n) is 10.0. The summed E-state index contributed by atoms with van der Waals surface area (Å²) in [7, 11) is 0. The van der Waals surface area contributed by atoms with Crippen molar-refractivity contribution in [2.75, 3.05) is 13.1 Å². The number of nitrogens with one attached hydrogen (secondary N) is 1. The lowest BCUT2D eigenvalue weighted by Gasteiger charge is -2.28. The predicted octanol–water partition coefficient (Wildman–Crippen LogP) is 3.40. The molecule has 0 aromatic carbocycles. The number of aryl methyl sites for hydroxylation is 1. The van der Waals surface area contributed by atoms with Gasteiger partial charge >= 0.3 is 6.09 Å². The van der Waals surface area contributed by atoms with E-state index in [4.69, 9.17) is 9.72 Å². The zero-order valence-corrected chi connectivity index (χ0v) is 18.5. The number of aromatic nitrogens is 2. The first-order chi connectivity index (χ1) is 14.0. The fraction of sp³-hybridized carbons (Fsp3) is 0.565. The molecule has 0 bridgehead atoms. The topological polar surface area (TPSA) is 84.4 Å². The molecular weight excluding hydrogens is 380 g/mol. The second kappa shape index (κ2) is 6.93. The second-order valence-corrected chi connectivity index (χ2v) is 10.0. The molecule has 0 unspecified atom stereocenters. The summed E-state index contributed by atoms with van der Waals surface area (Å²) in [6.07, 6.45) is 1.45. The molecule has 1 aliphatic heterocycles. The molecule has 2 aliphatic rings. The van der Waals surface area contributed by atoms with E-state index >= 15 is 0 Å². The molecule has 7 nitrogen and oxygen atoms in total. The summed E-state index contributed by atoms with van der Waals surface area (Å²) in [4.78, 5) is 36.2. The van der Waals surface area contributed by atoms with Gasteiger partial charge in [0.15, 0.2) is 0 Å². The van der Waals surface area contributed by atoms with Crippen molar-refractivity contribution in [3.63, 3.8) is 0 Å². The molecule has 1 aliphatic carbocycles. The highest BCUT2D eigenvalue weighted by atomic mass is 16.6. The highest BCUT2D eigenvalue weighted by Crippen LogP contribution is 2.52. The van der Waals surface area contributed by atoms with E-state index in [-0.39, 0.29) is 29.8 Å². The summed E-state index contributed by atoms with van der Waals surface area (Å²) in [5.41, 5.74) is 1.30. The van der Waals surface area contributed by atoms with Crippen LogP contribution in [-0.2, 0) is 15.1 Å². The van der Waals surface area contributed by atoms with Crippen LogP contribution in [0.5, 0.6) is 0 Å². The Morgan fingerprint density at radius 1 is 1.17 bits per heavy atom. The molecule has 1 saturated carbocycles. The van der Waals surface area contributed by atoms with Gasteiger partial charge < -0.3 is 15.0 Å². The number of nitrogens with zero attached hydrogens (tertiary/aromatic N) is 3. The quantitative estimate of drug-likeness (QED) is 0.838. The lowest BCUT2D eigenvalue weighted by atomic mass is 9.96. The molecule has 160 valence electrons. The summed E-state index contributed by atoms with van der Waals surface area (Å²) < 4.78 is 5.45. The van der Waals surface area contributed by atoms with Gasteiger partial charge in [0.05, 0.1) is 16.7 Å². The SMILES string of the molecule is Cc1cc2cccnc2c(C(C)(C)NC(=O)[C@H]2[C@@H]3CN(C(=O)OC(C)(C)C)C[C@@H]32)n1. The summed E-state index contributed by atoms with van der Waals surface area (Å²) in [5.74, 6) is 0.362. The maximum absolute atomic E-state index is 13.0. The van der Waals surface area contributed by atoms with Gasteiger partial charge in [-0.05, 0) is 65.5 Å². The molecule has 1 N–H and O–H groups in total. The number of pyridine rings is 2. The van der Waals surface area contributed by atoms with Crippen molar-refractivity contribution in [3.8, 4) is 0 Å². The van der Waals surface area contributed by atoms with E-state index in [2.05, 4.69) is 10.3 Å². The van der Waals surface area contributed by atoms with Crippen LogP contribution >= 0.6 is 0 Å². The molecule has 0 spiro atoms.